The number of rotatable bonds is 3. The first kappa shape index (κ1) is 23.1. The molecule has 6 aromatic carbocycles. The summed E-state index contributed by atoms with van der Waals surface area (Å²) in [4.78, 5) is 2.61. The van der Waals surface area contributed by atoms with Crippen LogP contribution in [0.1, 0.15) is 0 Å². The van der Waals surface area contributed by atoms with Crippen molar-refractivity contribution in [1.29, 1.82) is 0 Å². The third kappa shape index (κ3) is 3.65. The second-order valence-corrected chi connectivity index (χ2v) is 11.2. The molecule has 0 amide bonds. The first-order valence-corrected chi connectivity index (χ1v) is 14.4. The predicted octanol–water partition coefficient (Wildman–Crippen LogP) is 10.8. The maximum atomic E-state index is 2.47. The molecule has 0 saturated carbocycles. The Labute approximate surface area is 238 Å². The molecule has 188 valence electrons. The molecule has 8 rings (SSSR count). The van der Waals surface area contributed by atoms with Gasteiger partial charge in [-0.25, -0.2) is 0 Å². The molecule has 40 heavy (non-hydrogen) atoms. The highest BCUT2D eigenvalue weighted by atomic mass is 32.2. The minimum Gasteiger partial charge on any atom is -0.308 e. The van der Waals surface area contributed by atoms with Gasteiger partial charge in [-0.05, 0) is 51.6 Å². The Morgan fingerprint density at radius 3 is 1.82 bits per heavy atom. The van der Waals surface area contributed by atoms with E-state index in [4.69, 9.17) is 0 Å². The Morgan fingerprint density at radius 1 is 0.400 bits per heavy atom. The van der Waals surface area contributed by atoms with Gasteiger partial charge in [0.05, 0.1) is 11.2 Å². The van der Waals surface area contributed by atoms with Gasteiger partial charge < -0.3 is 4.57 Å². The zero-order chi connectivity index (χ0) is 26.5. The minimum atomic E-state index is 1.17. The van der Waals surface area contributed by atoms with Gasteiger partial charge in [-0.2, -0.15) is 0 Å². The Balaban J connectivity index is 1.45. The zero-order valence-corrected chi connectivity index (χ0v) is 22.6. The maximum absolute atomic E-state index is 2.47. The highest BCUT2D eigenvalue weighted by Crippen LogP contribution is 2.54. The van der Waals surface area contributed by atoms with Gasteiger partial charge in [-0.3, -0.25) is 0 Å². The Bertz CT molecular complexity index is 2020. The molecule has 0 saturated heterocycles. The van der Waals surface area contributed by atoms with Gasteiger partial charge in [-0.1, -0.05) is 145 Å². The van der Waals surface area contributed by atoms with Crippen LogP contribution in [0.3, 0.4) is 0 Å². The molecule has 2 heterocycles. The summed E-state index contributed by atoms with van der Waals surface area (Å²) >= 11 is 1.91. The molecule has 1 aromatic heterocycles. The Morgan fingerprint density at radius 2 is 1.00 bits per heavy atom. The third-order valence-corrected chi connectivity index (χ3v) is 9.08. The summed E-state index contributed by atoms with van der Waals surface area (Å²) in [5.41, 5.74) is 12.4. The van der Waals surface area contributed by atoms with Gasteiger partial charge >= 0.3 is 0 Å². The van der Waals surface area contributed by atoms with Crippen LogP contribution in [-0.4, -0.2) is 4.57 Å². The number of nitrogens with zero attached hydrogens (tertiary/aromatic N) is 1. The molecule has 2 heteroatoms. The number of benzene rings is 6. The summed E-state index contributed by atoms with van der Waals surface area (Å²) in [6.07, 6.45) is 0. The van der Waals surface area contributed by atoms with Crippen molar-refractivity contribution in [3.05, 3.63) is 152 Å². The van der Waals surface area contributed by atoms with Gasteiger partial charge in [0, 0.05) is 26.4 Å². The molecule has 0 radical (unpaired) electrons. The number of fused-ring (bicyclic) bond motifs is 7. The number of aromatic nitrogens is 1. The van der Waals surface area contributed by atoms with Crippen molar-refractivity contribution in [3.8, 4) is 50.3 Å². The van der Waals surface area contributed by atoms with Gasteiger partial charge in [0.25, 0.3) is 0 Å². The molecule has 0 spiro atoms. The van der Waals surface area contributed by atoms with Crippen molar-refractivity contribution in [2.24, 2.45) is 0 Å². The van der Waals surface area contributed by atoms with E-state index in [9.17, 15) is 0 Å². The molecule has 0 N–H and O–H groups in total. The molecule has 0 bridgehead atoms. The summed E-state index contributed by atoms with van der Waals surface area (Å²) < 4.78 is 2.47. The second-order valence-electron chi connectivity index (χ2n) is 10.1. The van der Waals surface area contributed by atoms with E-state index in [-0.39, 0.29) is 0 Å². The van der Waals surface area contributed by atoms with Crippen LogP contribution in [0.4, 0.5) is 0 Å². The van der Waals surface area contributed by atoms with E-state index in [1.807, 2.05) is 11.8 Å². The summed E-state index contributed by atoms with van der Waals surface area (Å²) in [5.74, 6) is 0. The third-order valence-electron chi connectivity index (χ3n) is 7.82. The molecule has 1 nitrogen and oxygen atoms in total. The van der Waals surface area contributed by atoms with Gasteiger partial charge in [-0.15, -0.1) is 0 Å². The van der Waals surface area contributed by atoms with Gasteiger partial charge in [0.15, 0.2) is 0 Å². The summed E-state index contributed by atoms with van der Waals surface area (Å²) in [7, 11) is 0. The van der Waals surface area contributed by atoms with Gasteiger partial charge in [0.1, 0.15) is 0 Å². The largest absolute Gasteiger partial charge is 0.308 e. The molecule has 1 aliphatic rings. The lowest BCUT2D eigenvalue weighted by molar-refractivity contribution is 1.12. The fourth-order valence-corrected chi connectivity index (χ4v) is 7.38. The number of para-hydroxylation sites is 1. The second kappa shape index (κ2) is 9.44. The van der Waals surface area contributed by atoms with E-state index in [0.717, 1.165) is 0 Å². The van der Waals surface area contributed by atoms with Crippen LogP contribution >= 0.6 is 11.8 Å². The van der Waals surface area contributed by atoms with Gasteiger partial charge in [0.2, 0.25) is 0 Å². The molecule has 0 fully saturated rings. The molecular formula is C38H25NS. The number of hydrogen-bond acceptors (Lipinski definition) is 1. The lowest BCUT2D eigenvalue weighted by Crippen LogP contribution is -1.98. The maximum Gasteiger partial charge on any atom is 0.0686 e. The van der Waals surface area contributed by atoms with Crippen LogP contribution in [-0.2, 0) is 0 Å². The fraction of sp³-hybridized carbons (Fsp3) is 0. The van der Waals surface area contributed by atoms with Crippen molar-refractivity contribution >= 4 is 22.7 Å². The van der Waals surface area contributed by atoms with E-state index in [0.29, 0.717) is 0 Å². The standard InChI is InChI=1S/C38H25NS/c1-3-13-26(14-4-1)28-17-11-18-29(25-28)39-35-24-10-9-21-34(35)38-36(39)32-20-8-7-19-31(32)33-23-12-22-30(37(33)40-38)27-15-5-2-6-16-27/h1-25H. The van der Waals surface area contributed by atoms with Crippen molar-refractivity contribution in [3.63, 3.8) is 0 Å². The van der Waals surface area contributed by atoms with E-state index < -0.39 is 0 Å². The van der Waals surface area contributed by atoms with Crippen molar-refractivity contribution < 1.29 is 0 Å². The summed E-state index contributed by atoms with van der Waals surface area (Å²) in [6.45, 7) is 0. The van der Waals surface area contributed by atoms with Crippen LogP contribution in [0, 0.1) is 0 Å². The lowest BCUT2D eigenvalue weighted by atomic mass is 9.94. The van der Waals surface area contributed by atoms with E-state index in [1.54, 1.807) is 0 Å². The van der Waals surface area contributed by atoms with Crippen LogP contribution in [0.15, 0.2) is 161 Å². The first-order chi connectivity index (χ1) is 19.9. The molecule has 0 atom stereocenters. The number of hydrogen-bond donors (Lipinski definition) is 0. The van der Waals surface area contributed by atoms with Crippen LogP contribution < -0.4 is 0 Å². The van der Waals surface area contributed by atoms with Crippen molar-refractivity contribution in [2.45, 2.75) is 9.79 Å². The monoisotopic (exact) mass is 527 g/mol. The molecule has 7 aromatic rings. The van der Waals surface area contributed by atoms with E-state index in [1.165, 1.54) is 71.0 Å². The quantitative estimate of drug-likeness (QED) is 0.221. The first-order valence-electron chi connectivity index (χ1n) is 13.6. The van der Waals surface area contributed by atoms with E-state index >= 15 is 0 Å². The smallest absolute Gasteiger partial charge is 0.0686 e. The molecule has 1 aliphatic heterocycles. The Kier molecular flexibility index (Phi) is 5.46. The van der Waals surface area contributed by atoms with Crippen LogP contribution in [0.2, 0.25) is 0 Å². The molecule has 0 aliphatic carbocycles. The summed E-state index contributed by atoms with van der Waals surface area (Å²) in [5, 5.41) is 1.28. The SMILES string of the molecule is c1ccc(-c2cccc(-n3c4c(c5ccccc53)Sc3c(-c5ccccc5)cccc3-c3ccccc3-4)c2)cc1. The summed E-state index contributed by atoms with van der Waals surface area (Å²) in [6, 6.07) is 54.8. The van der Waals surface area contributed by atoms with Crippen molar-refractivity contribution in [1.82, 2.24) is 4.57 Å². The highest BCUT2D eigenvalue weighted by molar-refractivity contribution is 8.00. The molecular weight excluding hydrogens is 502 g/mol. The lowest BCUT2D eigenvalue weighted by Gasteiger charge is -2.16. The van der Waals surface area contributed by atoms with E-state index in [2.05, 4.69) is 156 Å². The topological polar surface area (TPSA) is 4.93 Å². The zero-order valence-electron chi connectivity index (χ0n) is 21.8. The Hall–Kier alpha value is -4.79. The average Bonchev–Trinajstić information content (AvgIpc) is 3.28. The predicted molar refractivity (Wildman–Crippen MR) is 169 cm³/mol. The highest BCUT2D eigenvalue weighted by Gasteiger charge is 2.28. The fourth-order valence-electron chi connectivity index (χ4n) is 6.01. The minimum absolute atomic E-state index is 1.17. The van der Waals surface area contributed by atoms with Crippen molar-refractivity contribution in [2.75, 3.05) is 0 Å². The normalized spacial score (nSPS) is 11.9. The molecule has 0 unspecified atom stereocenters. The van der Waals surface area contributed by atoms with Crippen LogP contribution in [0.25, 0.3) is 61.2 Å². The van der Waals surface area contributed by atoms with Crippen LogP contribution in [0.5, 0.6) is 0 Å². The average molecular weight is 528 g/mol.